The smallest absolute Gasteiger partial charge is 0.408 e. The zero-order valence-electron chi connectivity index (χ0n) is 25.5. The highest BCUT2D eigenvalue weighted by Gasteiger charge is 2.32. The largest absolute Gasteiger partial charge is 0.466 e. The van der Waals surface area contributed by atoms with Gasteiger partial charge in [0.15, 0.2) is 6.29 Å². The number of ether oxygens (including phenoxy) is 4. The Labute approximate surface area is 253 Å². The van der Waals surface area contributed by atoms with Gasteiger partial charge in [0, 0.05) is 27.2 Å². The normalized spacial score (nSPS) is 12.8. The first-order valence-corrected chi connectivity index (χ1v) is 14.8. The Hall–Kier alpha value is -3.94. The van der Waals surface area contributed by atoms with Crippen molar-refractivity contribution in [3.05, 3.63) is 77.6 Å². The Morgan fingerprint density at radius 1 is 0.953 bits per heavy atom. The van der Waals surface area contributed by atoms with Crippen LogP contribution < -0.4 is 5.32 Å². The van der Waals surface area contributed by atoms with Crippen LogP contribution in [-0.4, -0.2) is 77.1 Å². The highest BCUT2D eigenvalue weighted by atomic mass is 32.2. The lowest BCUT2D eigenvalue weighted by molar-refractivity contribution is -0.148. The van der Waals surface area contributed by atoms with Crippen molar-refractivity contribution in [1.82, 2.24) is 10.2 Å². The number of aryl methyl sites for hydroxylation is 1. The second-order valence-electron chi connectivity index (χ2n) is 10.5. The van der Waals surface area contributed by atoms with E-state index in [1.807, 2.05) is 18.2 Å². The number of alkyl carbamates (subject to hydrolysis) is 1. The highest BCUT2D eigenvalue weighted by Crippen LogP contribution is 2.21. The molecule has 43 heavy (non-hydrogen) atoms. The van der Waals surface area contributed by atoms with Gasteiger partial charge < -0.3 is 33.3 Å². The Bertz CT molecular complexity index is 1350. The molecule has 0 heterocycles. The maximum Gasteiger partial charge on any atom is 0.408 e. The molecule has 2 rings (SSSR count). The summed E-state index contributed by atoms with van der Waals surface area (Å²) in [6, 6.07) is 13.5. The van der Waals surface area contributed by atoms with Gasteiger partial charge in [-0.05, 0) is 45.4 Å². The number of carbonyl (C=O) groups is 3. The summed E-state index contributed by atoms with van der Waals surface area (Å²) in [5.74, 6) is -2.03. The predicted octanol–water partition coefficient (Wildman–Crippen LogP) is 3.69. The molecule has 2 amide bonds. The molecule has 0 saturated carbocycles. The van der Waals surface area contributed by atoms with Crippen LogP contribution in [0, 0.1) is 6.92 Å². The molecular formula is C30H40N2O10S. The number of rotatable bonds is 14. The molecule has 13 heteroatoms. The number of hydrogen-bond donors (Lipinski definition) is 1. The fourth-order valence-electron chi connectivity index (χ4n) is 3.73. The zero-order valence-corrected chi connectivity index (χ0v) is 26.3. The van der Waals surface area contributed by atoms with E-state index in [0.717, 1.165) is 24.3 Å². The summed E-state index contributed by atoms with van der Waals surface area (Å²) in [5.41, 5.74) is 0.677. The maximum atomic E-state index is 14.1. The van der Waals surface area contributed by atoms with Crippen LogP contribution in [0.15, 0.2) is 71.3 Å². The van der Waals surface area contributed by atoms with E-state index in [4.69, 9.17) is 18.4 Å². The standard InChI is InChI=1S/C30H40N2O10S/c1-21-13-15-24(16-14-21)43(36,37)42-23(18-26(33)38-5)17-25(31-29(35)41-30(2,3)4)28(34)32(20-27(39-6)40-7)19-22-11-9-8-10-12-22/h8-16,18,25,27H,17,19-20H2,1-7H3,(H,31,35)/b23-18+/t25-/m1/s1. The number of esters is 1. The maximum absolute atomic E-state index is 14.1. The average Bonchev–Trinajstić information content (AvgIpc) is 2.94. The Balaban J connectivity index is 2.53. The molecular weight excluding hydrogens is 580 g/mol. The van der Waals surface area contributed by atoms with Crippen LogP contribution in [0.4, 0.5) is 4.79 Å². The van der Waals surface area contributed by atoms with E-state index in [1.165, 1.54) is 31.3 Å². The van der Waals surface area contributed by atoms with Gasteiger partial charge >= 0.3 is 22.2 Å². The van der Waals surface area contributed by atoms with Crippen LogP contribution in [0.1, 0.15) is 38.3 Å². The molecule has 2 aromatic rings. The van der Waals surface area contributed by atoms with E-state index in [9.17, 15) is 22.8 Å². The lowest BCUT2D eigenvalue weighted by atomic mass is 10.1. The number of amides is 2. The number of hydrogen-bond acceptors (Lipinski definition) is 10. The van der Waals surface area contributed by atoms with Gasteiger partial charge in [-0.2, -0.15) is 8.42 Å². The zero-order chi connectivity index (χ0) is 32.2. The van der Waals surface area contributed by atoms with Crippen LogP contribution in [0.5, 0.6) is 0 Å². The quantitative estimate of drug-likeness (QED) is 0.109. The number of nitrogens with one attached hydrogen (secondary N) is 1. The predicted molar refractivity (Wildman–Crippen MR) is 157 cm³/mol. The van der Waals surface area contributed by atoms with E-state index >= 15 is 0 Å². The molecule has 0 aliphatic rings. The molecule has 236 valence electrons. The van der Waals surface area contributed by atoms with Crippen molar-refractivity contribution in [3.8, 4) is 0 Å². The first kappa shape index (κ1) is 35.3. The van der Waals surface area contributed by atoms with E-state index in [2.05, 4.69) is 10.1 Å². The first-order valence-electron chi connectivity index (χ1n) is 13.3. The van der Waals surface area contributed by atoms with Gasteiger partial charge in [-0.3, -0.25) is 4.79 Å². The molecule has 2 aromatic carbocycles. The molecule has 0 unspecified atom stereocenters. The van der Waals surface area contributed by atoms with Crippen LogP contribution >= 0.6 is 0 Å². The van der Waals surface area contributed by atoms with Crippen LogP contribution in [0.3, 0.4) is 0 Å². The molecule has 0 bridgehead atoms. The third-order valence-corrected chi connectivity index (χ3v) is 7.11. The molecule has 0 aromatic heterocycles. The molecule has 0 spiro atoms. The second kappa shape index (κ2) is 16.1. The van der Waals surface area contributed by atoms with E-state index < -0.39 is 58.2 Å². The van der Waals surface area contributed by atoms with Crippen molar-refractivity contribution in [2.45, 2.75) is 63.5 Å². The molecule has 0 aliphatic heterocycles. The Morgan fingerprint density at radius 3 is 2.09 bits per heavy atom. The fraction of sp³-hybridized carbons (Fsp3) is 0.433. The van der Waals surface area contributed by atoms with Crippen molar-refractivity contribution >= 4 is 28.1 Å². The average molecular weight is 621 g/mol. The van der Waals surface area contributed by atoms with E-state index in [0.29, 0.717) is 0 Å². The second-order valence-corrected chi connectivity index (χ2v) is 12.0. The summed E-state index contributed by atoms with van der Waals surface area (Å²) in [7, 11) is -0.512. The van der Waals surface area contributed by atoms with Crippen molar-refractivity contribution < 1.29 is 45.9 Å². The lowest BCUT2D eigenvalue weighted by Crippen LogP contribution is -2.51. The lowest BCUT2D eigenvalue weighted by Gasteiger charge is -2.31. The molecule has 12 nitrogen and oxygen atoms in total. The van der Waals surface area contributed by atoms with Gasteiger partial charge in [-0.15, -0.1) is 0 Å². The number of carbonyl (C=O) groups excluding carboxylic acids is 3. The molecule has 0 aliphatic carbocycles. The summed E-state index contributed by atoms with van der Waals surface area (Å²) < 4.78 is 52.3. The molecule has 1 N–H and O–H groups in total. The Kier molecular flexibility index (Phi) is 13.2. The molecule has 1 atom stereocenters. The molecule has 0 fully saturated rings. The minimum atomic E-state index is -4.44. The Morgan fingerprint density at radius 2 is 1.56 bits per heavy atom. The minimum Gasteiger partial charge on any atom is -0.466 e. The topological polar surface area (TPSA) is 147 Å². The fourth-order valence-corrected chi connectivity index (χ4v) is 4.70. The summed E-state index contributed by atoms with van der Waals surface area (Å²) >= 11 is 0. The van der Waals surface area contributed by atoms with Gasteiger partial charge in [0.05, 0.1) is 19.7 Å². The third kappa shape index (κ3) is 12.1. The highest BCUT2D eigenvalue weighted by molar-refractivity contribution is 7.86. The molecule has 0 saturated heterocycles. The van der Waals surface area contributed by atoms with Gasteiger partial charge in [-0.1, -0.05) is 48.0 Å². The van der Waals surface area contributed by atoms with E-state index in [1.54, 1.807) is 52.0 Å². The molecule has 0 radical (unpaired) electrons. The van der Waals surface area contributed by atoms with Crippen LogP contribution in [-0.2, 0) is 49.4 Å². The van der Waals surface area contributed by atoms with Crippen LogP contribution in [0.25, 0.3) is 0 Å². The number of methoxy groups -OCH3 is 3. The summed E-state index contributed by atoms with van der Waals surface area (Å²) in [5, 5.41) is 2.50. The van der Waals surface area contributed by atoms with Gasteiger partial charge in [0.25, 0.3) is 0 Å². The third-order valence-electron chi connectivity index (χ3n) is 5.82. The number of benzene rings is 2. The van der Waals surface area contributed by atoms with Crippen molar-refractivity contribution in [2.24, 2.45) is 0 Å². The van der Waals surface area contributed by atoms with Crippen molar-refractivity contribution in [2.75, 3.05) is 27.9 Å². The first-order chi connectivity index (χ1) is 20.2. The summed E-state index contributed by atoms with van der Waals surface area (Å²) in [6.07, 6.45) is -1.51. The summed E-state index contributed by atoms with van der Waals surface area (Å²) in [6.45, 7) is 6.77. The van der Waals surface area contributed by atoms with Crippen molar-refractivity contribution in [3.63, 3.8) is 0 Å². The van der Waals surface area contributed by atoms with Crippen molar-refractivity contribution in [1.29, 1.82) is 0 Å². The van der Waals surface area contributed by atoms with E-state index in [-0.39, 0.29) is 18.0 Å². The summed E-state index contributed by atoms with van der Waals surface area (Å²) in [4.78, 5) is 40.4. The minimum absolute atomic E-state index is 0.0498. The monoisotopic (exact) mass is 620 g/mol. The number of nitrogens with zero attached hydrogens (tertiary/aromatic N) is 1. The van der Waals surface area contributed by atoms with Gasteiger partial charge in [-0.25, -0.2) is 9.59 Å². The van der Waals surface area contributed by atoms with Crippen LogP contribution in [0.2, 0.25) is 0 Å². The van der Waals surface area contributed by atoms with Gasteiger partial charge in [0.2, 0.25) is 5.91 Å². The van der Waals surface area contributed by atoms with Gasteiger partial charge in [0.1, 0.15) is 22.3 Å². The SMILES string of the molecule is COC(=O)/C=C(\C[C@@H](NC(=O)OC(C)(C)C)C(=O)N(Cc1ccccc1)CC(OC)OC)OS(=O)(=O)c1ccc(C)cc1.